The van der Waals surface area contributed by atoms with Gasteiger partial charge in [0.25, 0.3) is 0 Å². The van der Waals surface area contributed by atoms with Crippen LogP contribution in [-0.2, 0) is 13.0 Å². The monoisotopic (exact) mass is 351 g/mol. The summed E-state index contributed by atoms with van der Waals surface area (Å²) in [4.78, 5) is 21.2. The number of anilines is 3. The quantitative estimate of drug-likeness (QED) is 0.651. The van der Waals surface area contributed by atoms with Crippen molar-refractivity contribution in [3.8, 4) is 11.3 Å². The first-order chi connectivity index (χ1) is 12.5. The van der Waals surface area contributed by atoms with E-state index in [1.807, 2.05) is 18.2 Å². The molecule has 0 unspecified atom stereocenters. The van der Waals surface area contributed by atoms with Crippen LogP contribution in [-0.4, -0.2) is 27.6 Å². The molecule has 26 heavy (non-hydrogen) atoms. The molecule has 0 fully saturated rings. The van der Waals surface area contributed by atoms with Gasteiger partial charge in [0.15, 0.2) is 0 Å². The van der Waals surface area contributed by atoms with Crippen LogP contribution in [0.4, 0.5) is 17.5 Å². The maximum Gasteiger partial charge on any atom is 0.371 e. The molecule has 3 heterocycles. The molecule has 0 saturated carbocycles. The number of benzene rings is 1. The van der Waals surface area contributed by atoms with Crippen LogP contribution >= 0.6 is 0 Å². The Balaban J connectivity index is 1.59. The fraction of sp³-hybridized carbons (Fsp3) is 0.167. The van der Waals surface area contributed by atoms with Crippen LogP contribution in [0.1, 0.15) is 21.7 Å². The summed E-state index contributed by atoms with van der Waals surface area (Å²) in [5, 5.41) is 8.99. The maximum absolute atomic E-state index is 11.0. The molecule has 2 aromatic heterocycles. The third-order valence-corrected chi connectivity index (χ3v) is 4.45. The van der Waals surface area contributed by atoms with Gasteiger partial charge in [-0.2, -0.15) is 4.98 Å². The van der Waals surface area contributed by atoms with Gasteiger partial charge < -0.3 is 25.9 Å². The Bertz CT molecular complexity index is 998. The lowest BCUT2D eigenvalue weighted by molar-refractivity contribution is 0.0663. The number of furan rings is 1. The van der Waals surface area contributed by atoms with Gasteiger partial charge in [0.2, 0.25) is 11.7 Å². The Morgan fingerprint density at radius 3 is 2.85 bits per heavy atom. The number of carbonyl (C=O) groups is 1. The second kappa shape index (κ2) is 6.07. The van der Waals surface area contributed by atoms with Crippen molar-refractivity contribution in [3.05, 3.63) is 53.4 Å². The summed E-state index contributed by atoms with van der Waals surface area (Å²) >= 11 is 0. The van der Waals surface area contributed by atoms with E-state index in [-0.39, 0.29) is 11.7 Å². The number of hydrogen-bond acceptors (Lipinski definition) is 7. The summed E-state index contributed by atoms with van der Waals surface area (Å²) in [7, 11) is 0. The Morgan fingerprint density at radius 1 is 1.27 bits per heavy atom. The number of fused-ring (bicyclic) bond motifs is 1. The molecule has 3 aromatic rings. The molecule has 8 heteroatoms. The molecule has 132 valence electrons. The van der Waals surface area contributed by atoms with Crippen LogP contribution in [0.15, 0.2) is 40.9 Å². The molecule has 0 spiro atoms. The molecular weight excluding hydrogens is 334 g/mol. The second-order valence-electron chi connectivity index (χ2n) is 6.12. The molecule has 1 aromatic carbocycles. The summed E-state index contributed by atoms with van der Waals surface area (Å²) in [6, 6.07) is 9.09. The van der Waals surface area contributed by atoms with Crippen molar-refractivity contribution < 1.29 is 14.3 Å². The predicted molar refractivity (Wildman–Crippen MR) is 96.7 cm³/mol. The lowest BCUT2D eigenvalue weighted by Gasteiger charge is -2.20. The van der Waals surface area contributed by atoms with E-state index in [4.69, 9.17) is 21.0 Å². The van der Waals surface area contributed by atoms with Gasteiger partial charge in [0.05, 0.1) is 0 Å². The van der Waals surface area contributed by atoms with Gasteiger partial charge in [-0.05, 0) is 42.3 Å². The number of rotatable bonds is 4. The molecule has 8 nitrogen and oxygen atoms in total. The van der Waals surface area contributed by atoms with Gasteiger partial charge in [0.1, 0.15) is 11.6 Å². The largest absolute Gasteiger partial charge is 0.475 e. The number of carboxylic acid groups (broad SMARTS) is 1. The van der Waals surface area contributed by atoms with E-state index in [1.54, 1.807) is 12.3 Å². The lowest BCUT2D eigenvalue weighted by Crippen LogP contribution is -2.21. The first-order valence-electron chi connectivity index (χ1n) is 8.09. The van der Waals surface area contributed by atoms with Crippen LogP contribution in [0.25, 0.3) is 11.3 Å². The summed E-state index contributed by atoms with van der Waals surface area (Å²) in [5.41, 5.74) is 15.4. The first-order valence-corrected chi connectivity index (χ1v) is 8.09. The van der Waals surface area contributed by atoms with Crippen molar-refractivity contribution in [2.45, 2.75) is 13.0 Å². The zero-order valence-corrected chi connectivity index (χ0v) is 13.8. The number of hydrogen-bond donors (Lipinski definition) is 3. The Labute approximate surface area is 149 Å². The van der Waals surface area contributed by atoms with E-state index < -0.39 is 5.97 Å². The Hall–Kier alpha value is -3.55. The summed E-state index contributed by atoms with van der Waals surface area (Å²) in [5.74, 6) is -0.0519. The van der Waals surface area contributed by atoms with Gasteiger partial charge in [-0.1, -0.05) is 0 Å². The normalized spacial score (nSPS) is 13.0. The highest BCUT2D eigenvalue weighted by atomic mass is 16.4. The highest BCUT2D eigenvalue weighted by molar-refractivity contribution is 5.85. The van der Waals surface area contributed by atoms with E-state index in [2.05, 4.69) is 14.9 Å². The molecule has 5 N–H and O–H groups in total. The second-order valence-corrected chi connectivity index (χ2v) is 6.12. The van der Waals surface area contributed by atoms with Crippen LogP contribution in [0.3, 0.4) is 0 Å². The molecular formula is C18H17N5O3. The van der Waals surface area contributed by atoms with Crippen molar-refractivity contribution in [1.82, 2.24) is 9.97 Å². The van der Waals surface area contributed by atoms with E-state index in [0.29, 0.717) is 18.1 Å². The molecule has 0 bridgehead atoms. The minimum atomic E-state index is -1.08. The average molecular weight is 351 g/mol. The van der Waals surface area contributed by atoms with Crippen molar-refractivity contribution in [3.63, 3.8) is 0 Å². The highest BCUT2D eigenvalue weighted by Gasteiger charge is 2.21. The van der Waals surface area contributed by atoms with Crippen LogP contribution in [0, 0.1) is 0 Å². The lowest BCUT2D eigenvalue weighted by atomic mass is 10.1. The zero-order chi connectivity index (χ0) is 18.3. The number of nitrogens with zero attached hydrogens (tertiary/aromatic N) is 3. The molecule has 4 rings (SSSR count). The number of nitrogens with two attached hydrogens (primary N) is 2. The van der Waals surface area contributed by atoms with Crippen molar-refractivity contribution in [2.75, 3.05) is 22.9 Å². The summed E-state index contributed by atoms with van der Waals surface area (Å²) < 4.78 is 5.38. The molecule has 0 radical (unpaired) electrons. The Kier molecular flexibility index (Phi) is 3.72. The van der Waals surface area contributed by atoms with Crippen LogP contribution < -0.4 is 16.4 Å². The fourth-order valence-corrected chi connectivity index (χ4v) is 3.16. The topological polar surface area (TPSA) is 132 Å². The maximum atomic E-state index is 11.0. The Morgan fingerprint density at radius 2 is 2.12 bits per heavy atom. The number of aromatic carboxylic acids is 1. The number of carboxylic acids is 1. The molecule has 0 amide bonds. The zero-order valence-electron chi connectivity index (χ0n) is 13.8. The van der Waals surface area contributed by atoms with Gasteiger partial charge in [-0.3, -0.25) is 0 Å². The SMILES string of the molecule is Nc1ncc(CN2CCc3cc(-c4ccc(C(=O)O)o4)ccc32)c(N)n1. The first kappa shape index (κ1) is 15.9. The van der Waals surface area contributed by atoms with E-state index in [1.165, 1.54) is 11.6 Å². The fourth-order valence-electron chi connectivity index (χ4n) is 3.16. The third-order valence-electron chi connectivity index (χ3n) is 4.45. The minimum Gasteiger partial charge on any atom is -0.475 e. The molecule has 1 aliphatic heterocycles. The molecule has 0 aliphatic carbocycles. The van der Waals surface area contributed by atoms with Gasteiger partial charge in [-0.15, -0.1) is 0 Å². The average Bonchev–Trinajstić information content (AvgIpc) is 3.24. The van der Waals surface area contributed by atoms with Gasteiger partial charge >= 0.3 is 5.97 Å². The van der Waals surface area contributed by atoms with Gasteiger partial charge in [-0.25, -0.2) is 9.78 Å². The highest BCUT2D eigenvalue weighted by Crippen LogP contribution is 2.34. The molecule has 0 saturated heterocycles. The molecule has 1 aliphatic rings. The van der Waals surface area contributed by atoms with Crippen molar-refractivity contribution in [2.24, 2.45) is 0 Å². The summed E-state index contributed by atoms with van der Waals surface area (Å²) in [6.45, 7) is 1.45. The molecule has 0 atom stereocenters. The summed E-state index contributed by atoms with van der Waals surface area (Å²) in [6.07, 6.45) is 2.53. The predicted octanol–water partition coefficient (Wildman–Crippen LogP) is 2.16. The van der Waals surface area contributed by atoms with E-state index in [9.17, 15) is 4.79 Å². The van der Waals surface area contributed by atoms with Crippen molar-refractivity contribution >= 4 is 23.4 Å². The minimum absolute atomic E-state index is 0.0686. The number of nitrogen functional groups attached to an aromatic ring is 2. The van der Waals surface area contributed by atoms with E-state index >= 15 is 0 Å². The standard InChI is InChI=1S/C18H17N5O3/c19-16-12(8-21-18(20)22-16)9-23-6-5-10-7-11(1-2-13(10)23)14-3-4-15(26-14)17(24)25/h1-4,7-8H,5-6,9H2,(H,24,25)(H4,19,20,21,22). The van der Waals surface area contributed by atoms with Crippen molar-refractivity contribution in [1.29, 1.82) is 0 Å². The van der Waals surface area contributed by atoms with E-state index in [0.717, 1.165) is 29.8 Å². The van der Waals surface area contributed by atoms with Crippen LogP contribution in [0.5, 0.6) is 0 Å². The smallest absolute Gasteiger partial charge is 0.371 e. The van der Waals surface area contributed by atoms with Crippen LogP contribution in [0.2, 0.25) is 0 Å². The third kappa shape index (κ3) is 2.81. The van der Waals surface area contributed by atoms with Gasteiger partial charge in [0, 0.05) is 36.1 Å². The number of aromatic nitrogens is 2.